The van der Waals surface area contributed by atoms with Gasteiger partial charge in [0.15, 0.2) is 0 Å². The lowest BCUT2D eigenvalue weighted by Gasteiger charge is -2.23. The van der Waals surface area contributed by atoms with Crippen LogP contribution < -0.4 is 4.90 Å². The number of nitrogens with zero attached hydrogens (tertiary/aromatic N) is 1. The van der Waals surface area contributed by atoms with Crippen LogP contribution in [0.1, 0.15) is 13.3 Å². The maximum Gasteiger partial charge on any atom is 0.303 e. The van der Waals surface area contributed by atoms with E-state index in [9.17, 15) is 4.79 Å². The summed E-state index contributed by atoms with van der Waals surface area (Å²) in [5.74, 6) is -0.609. The Bertz CT molecular complexity index is 368. The molecule has 0 aliphatic heterocycles. The second kappa shape index (κ2) is 5.89. The van der Waals surface area contributed by atoms with Gasteiger partial charge in [0.2, 0.25) is 0 Å². The SMILES string of the molecule is CC(CC(=O)O)CN(C)c1ccccc1Br. The van der Waals surface area contributed by atoms with E-state index in [4.69, 9.17) is 5.11 Å². The fourth-order valence-electron chi connectivity index (χ4n) is 1.69. The molecule has 1 N–H and O–H groups in total. The molecular weight excluding hydrogens is 270 g/mol. The van der Waals surface area contributed by atoms with Crippen LogP contribution in [0, 0.1) is 5.92 Å². The molecule has 3 nitrogen and oxygen atoms in total. The molecule has 0 aromatic heterocycles. The van der Waals surface area contributed by atoms with Gasteiger partial charge < -0.3 is 10.0 Å². The number of hydrogen-bond donors (Lipinski definition) is 1. The highest BCUT2D eigenvalue weighted by molar-refractivity contribution is 9.10. The van der Waals surface area contributed by atoms with Crippen LogP contribution >= 0.6 is 15.9 Å². The molecule has 1 rings (SSSR count). The van der Waals surface area contributed by atoms with Gasteiger partial charge in [-0.3, -0.25) is 4.79 Å². The van der Waals surface area contributed by atoms with E-state index in [0.717, 1.165) is 16.7 Å². The van der Waals surface area contributed by atoms with Crippen LogP contribution in [0.4, 0.5) is 5.69 Å². The summed E-state index contributed by atoms with van der Waals surface area (Å²) >= 11 is 3.48. The molecule has 16 heavy (non-hydrogen) atoms. The molecule has 0 fully saturated rings. The van der Waals surface area contributed by atoms with Crippen LogP contribution in [0.5, 0.6) is 0 Å². The van der Waals surface area contributed by atoms with Gasteiger partial charge in [0.25, 0.3) is 0 Å². The first-order valence-electron chi connectivity index (χ1n) is 5.18. The van der Waals surface area contributed by atoms with E-state index in [2.05, 4.69) is 20.8 Å². The topological polar surface area (TPSA) is 40.5 Å². The molecule has 0 bridgehead atoms. The minimum absolute atomic E-state index is 0.134. The first-order chi connectivity index (χ1) is 7.50. The fourth-order valence-corrected chi connectivity index (χ4v) is 2.28. The summed E-state index contributed by atoms with van der Waals surface area (Å²) in [6.45, 7) is 2.68. The van der Waals surface area contributed by atoms with Crippen molar-refractivity contribution in [1.82, 2.24) is 0 Å². The number of anilines is 1. The summed E-state index contributed by atoms with van der Waals surface area (Å²) in [5.41, 5.74) is 1.08. The highest BCUT2D eigenvalue weighted by atomic mass is 79.9. The van der Waals surface area contributed by atoms with E-state index in [0.29, 0.717) is 0 Å². The zero-order valence-corrected chi connectivity index (χ0v) is 11.1. The Labute approximate surface area is 104 Å². The van der Waals surface area contributed by atoms with Gasteiger partial charge in [0, 0.05) is 24.5 Å². The molecule has 1 atom stereocenters. The van der Waals surface area contributed by atoms with Gasteiger partial charge in [-0.15, -0.1) is 0 Å². The molecule has 88 valence electrons. The van der Waals surface area contributed by atoms with E-state index in [-0.39, 0.29) is 12.3 Å². The van der Waals surface area contributed by atoms with Crippen molar-refractivity contribution in [3.63, 3.8) is 0 Å². The van der Waals surface area contributed by atoms with Gasteiger partial charge in [-0.1, -0.05) is 19.1 Å². The van der Waals surface area contributed by atoms with E-state index in [1.807, 2.05) is 38.2 Å². The zero-order valence-electron chi connectivity index (χ0n) is 9.48. The molecule has 0 saturated heterocycles. The van der Waals surface area contributed by atoms with Crippen molar-refractivity contribution in [1.29, 1.82) is 0 Å². The number of benzene rings is 1. The van der Waals surface area contributed by atoms with Crippen LogP contribution in [0.15, 0.2) is 28.7 Å². The molecule has 0 saturated carbocycles. The average Bonchev–Trinajstić information content (AvgIpc) is 2.16. The third-order valence-corrected chi connectivity index (χ3v) is 3.04. The Kier molecular flexibility index (Phi) is 4.80. The second-order valence-corrected chi connectivity index (χ2v) is 4.89. The summed E-state index contributed by atoms with van der Waals surface area (Å²) in [6.07, 6.45) is 0.203. The third kappa shape index (κ3) is 3.85. The van der Waals surface area contributed by atoms with Crippen LogP contribution in [0.2, 0.25) is 0 Å². The molecule has 1 aromatic rings. The first kappa shape index (κ1) is 13.0. The van der Waals surface area contributed by atoms with Gasteiger partial charge in [-0.05, 0) is 34.0 Å². The van der Waals surface area contributed by atoms with E-state index >= 15 is 0 Å². The van der Waals surface area contributed by atoms with Crippen molar-refractivity contribution in [2.45, 2.75) is 13.3 Å². The lowest BCUT2D eigenvalue weighted by atomic mass is 10.1. The summed E-state index contributed by atoms with van der Waals surface area (Å²) in [5, 5.41) is 8.69. The van der Waals surface area contributed by atoms with Crippen molar-refractivity contribution in [3.8, 4) is 0 Å². The number of carbonyl (C=O) groups is 1. The lowest BCUT2D eigenvalue weighted by molar-refractivity contribution is -0.137. The second-order valence-electron chi connectivity index (χ2n) is 4.03. The molecule has 0 heterocycles. The maximum absolute atomic E-state index is 10.6. The predicted octanol–water partition coefficient (Wildman–Crippen LogP) is 3.00. The number of halogens is 1. The number of aliphatic carboxylic acids is 1. The Morgan fingerprint density at radius 3 is 2.69 bits per heavy atom. The summed E-state index contributed by atoms with van der Waals surface area (Å²) in [4.78, 5) is 12.6. The minimum atomic E-state index is -0.743. The molecule has 0 radical (unpaired) electrons. The van der Waals surface area contributed by atoms with Gasteiger partial charge in [0.05, 0.1) is 5.69 Å². The average molecular weight is 286 g/mol. The van der Waals surface area contributed by atoms with Gasteiger partial charge in [0.1, 0.15) is 0 Å². The first-order valence-corrected chi connectivity index (χ1v) is 5.97. The van der Waals surface area contributed by atoms with Crippen LogP contribution in [0.3, 0.4) is 0 Å². The van der Waals surface area contributed by atoms with Gasteiger partial charge in [-0.2, -0.15) is 0 Å². The van der Waals surface area contributed by atoms with Gasteiger partial charge in [-0.25, -0.2) is 0 Å². The molecule has 0 spiro atoms. The van der Waals surface area contributed by atoms with Crippen LogP contribution in [0.25, 0.3) is 0 Å². The quantitative estimate of drug-likeness (QED) is 0.904. The minimum Gasteiger partial charge on any atom is -0.481 e. The molecule has 1 unspecified atom stereocenters. The number of para-hydroxylation sites is 1. The van der Waals surface area contributed by atoms with E-state index in [1.54, 1.807) is 0 Å². The zero-order chi connectivity index (χ0) is 12.1. The van der Waals surface area contributed by atoms with Crippen molar-refractivity contribution in [2.75, 3.05) is 18.5 Å². The van der Waals surface area contributed by atoms with Crippen molar-refractivity contribution in [3.05, 3.63) is 28.7 Å². The summed E-state index contributed by atoms with van der Waals surface area (Å²) in [7, 11) is 1.97. The Morgan fingerprint density at radius 1 is 1.50 bits per heavy atom. The molecule has 0 amide bonds. The molecule has 4 heteroatoms. The highest BCUT2D eigenvalue weighted by Gasteiger charge is 2.12. The van der Waals surface area contributed by atoms with Crippen molar-refractivity contribution >= 4 is 27.6 Å². The summed E-state index contributed by atoms with van der Waals surface area (Å²) < 4.78 is 1.03. The maximum atomic E-state index is 10.6. The smallest absolute Gasteiger partial charge is 0.303 e. The highest BCUT2D eigenvalue weighted by Crippen LogP contribution is 2.25. The number of hydrogen-bond acceptors (Lipinski definition) is 2. The van der Waals surface area contributed by atoms with E-state index in [1.165, 1.54) is 0 Å². The van der Waals surface area contributed by atoms with Gasteiger partial charge >= 0.3 is 5.97 Å². The molecule has 0 aliphatic carbocycles. The fraction of sp³-hybridized carbons (Fsp3) is 0.417. The summed E-state index contributed by atoms with van der Waals surface area (Å²) in [6, 6.07) is 7.92. The van der Waals surface area contributed by atoms with Crippen LogP contribution in [-0.2, 0) is 4.79 Å². The molecular formula is C12H16BrNO2. The Balaban J connectivity index is 2.62. The largest absolute Gasteiger partial charge is 0.481 e. The number of rotatable bonds is 5. The van der Waals surface area contributed by atoms with E-state index < -0.39 is 5.97 Å². The Hall–Kier alpha value is -1.03. The number of carboxylic acid groups (broad SMARTS) is 1. The third-order valence-electron chi connectivity index (χ3n) is 2.37. The van der Waals surface area contributed by atoms with Crippen molar-refractivity contribution < 1.29 is 9.90 Å². The number of carboxylic acids is 1. The predicted molar refractivity (Wildman–Crippen MR) is 68.8 cm³/mol. The lowest BCUT2D eigenvalue weighted by Crippen LogP contribution is -2.25. The normalized spacial score (nSPS) is 12.2. The monoisotopic (exact) mass is 285 g/mol. The Morgan fingerprint density at radius 2 is 2.12 bits per heavy atom. The van der Waals surface area contributed by atoms with Crippen LogP contribution in [-0.4, -0.2) is 24.7 Å². The molecule has 0 aliphatic rings. The molecule has 1 aromatic carbocycles. The standard InChI is InChI=1S/C12H16BrNO2/c1-9(7-12(15)16)8-14(2)11-6-4-3-5-10(11)13/h3-6,9H,7-8H2,1-2H3,(H,15,16). The van der Waals surface area contributed by atoms with Crippen molar-refractivity contribution in [2.24, 2.45) is 5.92 Å².